The normalized spacial score (nSPS) is 12.5. The molecule has 0 saturated carbocycles. The average molecular weight is 287 g/mol. The molecule has 1 aromatic rings. The largest absolute Gasteiger partial charge is 0.363 e. The molecule has 6 heteroatoms. The number of nitrogens with one attached hydrogen (secondary N) is 3. The summed E-state index contributed by atoms with van der Waals surface area (Å²) in [7, 11) is -3.38. The van der Waals surface area contributed by atoms with Crippen LogP contribution in [-0.4, -0.2) is 26.0 Å². The first-order valence-corrected chi connectivity index (χ1v) is 8.20. The summed E-state index contributed by atoms with van der Waals surface area (Å²) in [5, 5.41) is 3.24. The Kier molecular flexibility index (Phi) is 6.03. The van der Waals surface area contributed by atoms with Crippen LogP contribution in [0.2, 0.25) is 0 Å². The Morgan fingerprint density at radius 3 is 2.53 bits per heavy atom. The third-order valence-electron chi connectivity index (χ3n) is 2.74. The Hall–Kier alpha value is -0.850. The molecule has 0 bridgehead atoms. The van der Waals surface area contributed by atoms with Crippen LogP contribution in [0, 0.1) is 5.92 Å². The number of rotatable bonds is 8. The van der Waals surface area contributed by atoms with Crippen LogP contribution in [0.4, 0.5) is 0 Å². The van der Waals surface area contributed by atoms with Gasteiger partial charge in [-0.05, 0) is 18.4 Å². The highest BCUT2D eigenvalue weighted by molar-refractivity contribution is 7.89. The topological polar surface area (TPSA) is 74.0 Å². The van der Waals surface area contributed by atoms with Gasteiger partial charge >= 0.3 is 0 Å². The third-order valence-corrected chi connectivity index (χ3v) is 4.18. The van der Waals surface area contributed by atoms with Crippen LogP contribution in [0.25, 0.3) is 0 Å². The van der Waals surface area contributed by atoms with Crippen molar-refractivity contribution < 1.29 is 8.42 Å². The number of aromatic nitrogens is 1. The Morgan fingerprint density at radius 2 is 1.95 bits per heavy atom. The molecule has 0 aliphatic carbocycles. The van der Waals surface area contributed by atoms with Crippen LogP contribution in [0.3, 0.4) is 0 Å². The van der Waals surface area contributed by atoms with Crippen molar-refractivity contribution in [3.8, 4) is 0 Å². The number of hydrogen-bond donors (Lipinski definition) is 3. The third kappa shape index (κ3) is 5.76. The minimum atomic E-state index is -3.38. The zero-order valence-electron chi connectivity index (χ0n) is 12.2. The molecule has 1 heterocycles. The lowest BCUT2D eigenvalue weighted by Crippen LogP contribution is -2.25. The molecule has 0 unspecified atom stereocenters. The molecule has 0 aliphatic heterocycles. The minimum Gasteiger partial charge on any atom is -0.363 e. The second-order valence-corrected chi connectivity index (χ2v) is 7.24. The van der Waals surface area contributed by atoms with Crippen molar-refractivity contribution in [2.24, 2.45) is 5.92 Å². The van der Waals surface area contributed by atoms with Crippen LogP contribution in [0.15, 0.2) is 17.2 Å². The summed E-state index contributed by atoms with van der Waals surface area (Å²) in [5.74, 6) is 0.486. The first-order valence-electron chi connectivity index (χ1n) is 6.71. The van der Waals surface area contributed by atoms with E-state index in [0.717, 1.165) is 12.1 Å². The van der Waals surface area contributed by atoms with Gasteiger partial charge in [-0.3, -0.25) is 0 Å². The number of aromatic amines is 1. The van der Waals surface area contributed by atoms with Crippen LogP contribution >= 0.6 is 0 Å². The predicted molar refractivity (Wildman–Crippen MR) is 77.4 cm³/mol. The van der Waals surface area contributed by atoms with E-state index in [1.807, 2.05) is 13.8 Å². The fraction of sp³-hybridized carbons (Fsp3) is 0.692. The molecular weight excluding hydrogens is 262 g/mol. The molecule has 0 amide bonds. The quantitative estimate of drug-likeness (QED) is 0.683. The standard InChI is InChI=1S/C13H25N3O2S/c1-10(2)5-6-16-19(17,18)13-7-12(15-9-13)8-14-11(3)4/h7,9-11,14-16H,5-6,8H2,1-4H3. The monoisotopic (exact) mass is 287 g/mol. The molecule has 0 spiro atoms. The maximum atomic E-state index is 12.0. The SMILES string of the molecule is CC(C)CCNS(=O)(=O)c1c[nH]c(CNC(C)C)c1. The molecule has 5 nitrogen and oxygen atoms in total. The lowest BCUT2D eigenvalue weighted by atomic mass is 10.1. The van der Waals surface area contributed by atoms with Crippen LogP contribution in [0.1, 0.15) is 39.8 Å². The van der Waals surface area contributed by atoms with Crippen LogP contribution in [0.5, 0.6) is 0 Å². The molecule has 0 saturated heterocycles. The fourth-order valence-corrected chi connectivity index (χ4v) is 2.62. The first kappa shape index (κ1) is 16.2. The second-order valence-electron chi connectivity index (χ2n) is 5.48. The summed E-state index contributed by atoms with van der Waals surface area (Å²) < 4.78 is 26.6. The van der Waals surface area contributed by atoms with Gasteiger partial charge in [0.1, 0.15) is 0 Å². The minimum absolute atomic E-state index is 0.303. The van der Waals surface area contributed by atoms with Gasteiger partial charge in [0.15, 0.2) is 0 Å². The zero-order valence-corrected chi connectivity index (χ0v) is 13.0. The van der Waals surface area contributed by atoms with Gasteiger partial charge in [-0.15, -0.1) is 0 Å². The molecular formula is C13H25N3O2S. The van der Waals surface area contributed by atoms with Crippen molar-refractivity contribution in [2.45, 2.75) is 51.6 Å². The summed E-state index contributed by atoms with van der Waals surface area (Å²) >= 11 is 0. The lowest BCUT2D eigenvalue weighted by Gasteiger charge is -2.07. The molecule has 0 fully saturated rings. The van der Waals surface area contributed by atoms with Crippen LogP contribution < -0.4 is 10.0 Å². The number of hydrogen-bond acceptors (Lipinski definition) is 3. The number of sulfonamides is 1. The molecule has 110 valence electrons. The summed E-state index contributed by atoms with van der Waals surface area (Å²) in [4.78, 5) is 3.29. The second kappa shape index (κ2) is 7.07. The number of H-pyrrole nitrogens is 1. The molecule has 0 aliphatic rings. The summed E-state index contributed by atoms with van der Waals surface area (Å²) in [6, 6.07) is 2.04. The maximum Gasteiger partial charge on any atom is 0.242 e. The molecule has 0 aromatic carbocycles. The van der Waals surface area contributed by atoms with Crippen LogP contribution in [-0.2, 0) is 16.6 Å². The molecule has 1 aromatic heterocycles. The van der Waals surface area contributed by atoms with E-state index < -0.39 is 10.0 Å². The Bertz CT molecular complexity index is 478. The maximum absolute atomic E-state index is 12.0. The Balaban J connectivity index is 2.58. The zero-order chi connectivity index (χ0) is 14.5. The van der Waals surface area contributed by atoms with E-state index in [1.54, 1.807) is 6.07 Å². The predicted octanol–water partition coefficient (Wildman–Crippen LogP) is 1.84. The van der Waals surface area contributed by atoms with Crippen molar-refractivity contribution in [1.82, 2.24) is 15.0 Å². The fourth-order valence-electron chi connectivity index (χ4n) is 1.56. The molecule has 0 atom stereocenters. The highest BCUT2D eigenvalue weighted by atomic mass is 32.2. The van der Waals surface area contributed by atoms with Crippen molar-refractivity contribution in [2.75, 3.05) is 6.54 Å². The summed E-state index contributed by atoms with van der Waals surface area (Å²) in [6.07, 6.45) is 2.38. The molecule has 3 N–H and O–H groups in total. The van der Waals surface area contributed by atoms with E-state index in [2.05, 4.69) is 28.9 Å². The van der Waals surface area contributed by atoms with Gasteiger partial charge in [0, 0.05) is 31.0 Å². The smallest absolute Gasteiger partial charge is 0.242 e. The van der Waals surface area contributed by atoms with E-state index in [9.17, 15) is 8.42 Å². The Labute approximate surface area is 116 Å². The van der Waals surface area contributed by atoms with Gasteiger partial charge in [-0.2, -0.15) is 0 Å². The van der Waals surface area contributed by atoms with Crippen molar-refractivity contribution >= 4 is 10.0 Å². The Morgan fingerprint density at radius 1 is 1.26 bits per heavy atom. The summed E-state index contributed by atoms with van der Waals surface area (Å²) in [6.45, 7) is 9.35. The van der Waals surface area contributed by atoms with Crippen molar-refractivity contribution in [3.63, 3.8) is 0 Å². The van der Waals surface area contributed by atoms with E-state index in [0.29, 0.717) is 29.9 Å². The van der Waals surface area contributed by atoms with Gasteiger partial charge in [0.2, 0.25) is 10.0 Å². The van der Waals surface area contributed by atoms with Gasteiger partial charge in [-0.1, -0.05) is 27.7 Å². The van der Waals surface area contributed by atoms with Crippen molar-refractivity contribution in [3.05, 3.63) is 18.0 Å². The first-order chi connectivity index (χ1) is 8.81. The van der Waals surface area contributed by atoms with E-state index in [4.69, 9.17) is 0 Å². The highest BCUT2D eigenvalue weighted by Gasteiger charge is 2.15. The molecule has 1 rings (SSSR count). The average Bonchev–Trinajstić information content (AvgIpc) is 2.74. The van der Waals surface area contributed by atoms with E-state index in [-0.39, 0.29) is 0 Å². The van der Waals surface area contributed by atoms with E-state index in [1.165, 1.54) is 6.20 Å². The van der Waals surface area contributed by atoms with E-state index >= 15 is 0 Å². The molecule has 19 heavy (non-hydrogen) atoms. The van der Waals surface area contributed by atoms with Gasteiger partial charge < -0.3 is 10.3 Å². The highest BCUT2D eigenvalue weighted by Crippen LogP contribution is 2.11. The van der Waals surface area contributed by atoms with Gasteiger partial charge in [-0.25, -0.2) is 13.1 Å². The van der Waals surface area contributed by atoms with Gasteiger partial charge in [0.05, 0.1) is 4.90 Å². The van der Waals surface area contributed by atoms with Crippen molar-refractivity contribution in [1.29, 1.82) is 0 Å². The molecule has 0 radical (unpaired) electrons. The summed E-state index contributed by atoms with van der Waals surface area (Å²) in [5.41, 5.74) is 0.873. The lowest BCUT2D eigenvalue weighted by molar-refractivity contribution is 0.551. The van der Waals surface area contributed by atoms with Gasteiger partial charge in [0.25, 0.3) is 0 Å².